The van der Waals surface area contributed by atoms with Gasteiger partial charge in [-0.25, -0.2) is 0 Å². The van der Waals surface area contributed by atoms with Crippen molar-refractivity contribution in [1.82, 2.24) is 19.5 Å². The molecule has 3 aliphatic rings. The molecule has 2 aliphatic heterocycles. The molecule has 3 fully saturated rings. The fourth-order valence-corrected chi connectivity index (χ4v) is 4.81. The van der Waals surface area contributed by atoms with Crippen LogP contribution < -0.4 is 16.6 Å². The number of aromatic nitrogens is 3. The van der Waals surface area contributed by atoms with E-state index in [1.807, 2.05) is 6.08 Å². The number of nitrogen functional groups attached to an aromatic ring is 1. The quantitative estimate of drug-likeness (QED) is 0.546. The molecule has 2 aromatic heterocycles. The number of allylic oxidation sites excluding steroid dienone is 1. The molecule has 4 heterocycles. The molecule has 1 saturated carbocycles. The van der Waals surface area contributed by atoms with Crippen LogP contribution in [0.3, 0.4) is 0 Å². The SMILES string of the molecule is CC1(Cn2c(O)c(C(=O)NC3CC3)c(=O)n3nc(N)c(C=CC4CCOCC4)c23)CCOCC1.Cl. The summed E-state index contributed by atoms with van der Waals surface area (Å²) in [6.45, 7) is 5.21. The van der Waals surface area contributed by atoms with Crippen LogP contribution in [0.5, 0.6) is 5.88 Å². The predicted molar refractivity (Wildman–Crippen MR) is 134 cm³/mol. The van der Waals surface area contributed by atoms with Gasteiger partial charge in [0.1, 0.15) is 0 Å². The van der Waals surface area contributed by atoms with Crippen molar-refractivity contribution in [2.75, 3.05) is 32.2 Å². The lowest BCUT2D eigenvalue weighted by Crippen LogP contribution is -2.36. The minimum atomic E-state index is -0.670. The van der Waals surface area contributed by atoms with Gasteiger partial charge in [-0.05, 0) is 49.9 Å². The number of hydrogen-bond acceptors (Lipinski definition) is 7. The second kappa shape index (κ2) is 10.2. The Balaban J connectivity index is 0.00000289. The molecular weight excluding hydrogens is 474 g/mol. The lowest BCUT2D eigenvalue weighted by Gasteiger charge is -2.34. The lowest BCUT2D eigenvalue weighted by molar-refractivity contribution is 0.0149. The highest BCUT2D eigenvalue weighted by Gasteiger charge is 2.34. The van der Waals surface area contributed by atoms with E-state index in [0.717, 1.165) is 38.5 Å². The van der Waals surface area contributed by atoms with Gasteiger partial charge in [0.05, 0.1) is 5.56 Å². The number of halogens is 1. The first-order chi connectivity index (χ1) is 16.4. The topological polar surface area (TPSA) is 133 Å². The number of amides is 1. The molecule has 1 amide bonds. The molecule has 4 N–H and O–H groups in total. The van der Waals surface area contributed by atoms with E-state index in [4.69, 9.17) is 15.2 Å². The van der Waals surface area contributed by atoms with E-state index in [9.17, 15) is 14.7 Å². The Morgan fingerprint density at radius 3 is 2.51 bits per heavy atom. The minimum absolute atomic E-state index is 0. The maximum atomic E-state index is 13.3. The molecule has 0 radical (unpaired) electrons. The first kappa shape index (κ1) is 25.5. The smallest absolute Gasteiger partial charge is 0.291 e. The molecule has 10 nitrogen and oxygen atoms in total. The van der Waals surface area contributed by atoms with Crippen LogP contribution >= 0.6 is 12.4 Å². The lowest BCUT2D eigenvalue weighted by atomic mass is 9.82. The Kier molecular flexibility index (Phi) is 7.44. The Morgan fingerprint density at radius 1 is 1.20 bits per heavy atom. The number of carbonyl (C=O) groups is 1. The third-order valence-electron chi connectivity index (χ3n) is 7.25. The summed E-state index contributed by atoms with van der Waals surface area (Å²) in [5.74, 6) is -0.394. The third-order valence-corrected chi connectivity index (χ3v) is 7.25. The second-order valence-electron chi connectivity index (χ2n) is 10.1. The van der Waals surface area contributed by atoms with Crippen LogP contribution in [-0.4, -0.2) is 57.7 Å². The number of anilines is 1. The van der Waals surface area contributed by atoms with Crippen molar-refractivity contribution in [2.45, 2.75) is 58.0 Å². The molecule has 0 aromatic carbocycles. The van der Waals surface area contributed by atoms with E-state index in [2.05, 4.69) is 23.4 Å². The van der Waals surface area contributed by atoms with Crippen LogP contribution in [0, 0.1) is 11.3 Å². The summed E-state index contributed by atoms with van der Waals surface area (Å²) in [7, 11) is 0. The molecule has 0 bridgehead atoms. The van der Waals surface area contributed by atoms with Crippen LogP contribution in [0.2, 0.25) is 0 Å². The monoisotopic (exact) mass is 507 g/mol. The molecule has 1 aliphatic carbocycles. The van der Waals surface area contributed by atoms with Crippen LogP contribution in [0.15, 0.2) is 10.9 Å². The molecule has 2 saturated heterocycles. The van der Waals surface area contributed by atoms with E-state index >= 15 is 0 Å². The molecule has 0 unspecified atom stereocenters. The number of nitrogens with two attached hydrogens (primary N) is 1. The predicted octanol–water partition coefficient (Wildman–Crippen LogP) is 2.35. The van der Waals surface area contributed by atoms with Gasteiger partial charge in [-0.2, -0.15) is 4.52 Å². The summed E-state index contributed by atoms with van der Waals surface area (Å²) < 4.78 is 13.8. The van der Waals surface area contributed by atoms with Gasteiger partial charge >= 0.3 is 0 Å². The third kappa shape index (κ3) is 5.19. The zero-order chi connectivity index (χ0) is 23.9. The van der Waals surface area contributed by atoms with Crippen molar-refractivity contribution in [3.63, 3.8) is 0 Å². The van der Waals surface area contributed by atoms with Gasteiger partial charge in [-0.3, -0.25) is 14.2 Å². The highest BCUT2D eigenvalue weighted by Crippen LogP contribution is 2.35. The molecule has 11 heteroatoms. The van der Waals surface area contributed by atoms with Gasteiger partial charge in [0.2, 0.25) is 5.88 Å². The molecule has 192 valence electrons. The summed E-state index contributed by atoms with van der Waals surface area (Å²) in [5.41, 5.74) is 6.10. The first-order valence-electron chi connectivity index (χ1n) is 12.1. The summed E-state index contributed by atoms with van der Waals surface area (Å²) in [6, 6.07) is 0.0455. The maximum Gasteiger partial charge on any atom is 0.291 e. The number of ether oxygens (including phenoxy) is 2. The van der Waals surface area contributed by atoms with Crippen molar-refractivity contribution in [1.29, 1.82) is 0 Å². The fraction of sp³-hybridized carbons (Fsp3) is 0.625. The molecule has 5 rings (SSSR count). The van der Waals surface area contributed by atoms with Gasteiger partial charge < -0.3 is 25.6 Å². The van der Waals surface area contributed by atoms with Crippen molar-refractivity contribution < 1.29 is 19.4 Å². The largest absolute Gasteiger partial charge is 0.494 e. The van der Waals surface area contributed by atoms with Crippen molar-refractivity contribution >= 4 is 35.9 Å². The standard InChI is InChI=1S/C24H33N5O5.ClH/c1-24(8-12-34-13-9-24)14-28-21-17(5-2-15-6-10-33-11-7-15)19(25)27-29(21)23(32)18(22(28)31)20(30)26-16-3-4-16;/h2,5,15-16,31H,3-4,6-14H2,1H3,(H2,25,27)(H,26,30);1H. The molecule has 35 heavy (non-hydrogen) atoms. The van der Waals surface area contributed by atoms with Crippen LogP contribution in [0.25, 0.3) is 11.7 Å². The normalized spacial score (nSPS) is 20.7. The van der Waals surface area contributed by atoms with Gasteiger partial charge in [-0.1, -0.05) is 19.1 Å². The number of fused-ring (bicyclic) bond motifs is 1. The number of aromatic hydroxyl groups is 1. The van der Waals surface area contributed by atoms with E-state index < -0.39 is 11.5 Å². The molecule has 2 aromatic rings. The van der Waals surface area contributed by atoms with E-state index in [1.165, 1.54) is 4.52 Å². The summed E-state index contributed by atoms with van der Waals surface area (Å²) in [6.07, 6.45) is 9.13. The van der Waals surface area contributed by atoms with Gasteiger partial charge in [0, 0.05) is 39.0 Å². The summed E-state index contributed by atoms with van der Waals surface area (Å²) in [5, 5.41) is 18.4. The molecule has 0 spiro atoms. The van der Waals surface area contributed by atoms with E-state index in [1.54, 1.807) is 4.57 Å². The number of rotatable bonds is 6. The van der Waals surface area contributed by atoms with Crippen LogP contribution in [0.1, 0.15) is 61.4 Å². The van der Waals surface area contributed by atoms with Crippen LogP contribution in [0.4, 0.5) is 5.82 Å². The average molecular weight is 508 g/mol. The minimum Gasteiger partial charge on any atom is -0.494 e. The van der Waals surface area contributed by atoms with Gasteiger partial charge in [-0.15, -0.1) is 17.5 Å². The fourth-order valence-electron chi connectivity index (χ4n) is 4.81. The summed E-state index contributed by atoms with van der Waals surface area (Å²) in [4.78, 5) is 26.3. The zero-order valence-electron chi connectivity index (χ0n) is 20.0. The highest BCUT2D eigenvalue weighted by atomic mass is 35.5. The Labute approximate surface area is 209 Å². The Bertz CT molecular complexity index is 1170. The summed E-state index contributed by atoms with van der Waals surface area (Å²) >= 11 is 0. The number of hydrogen-bond donors (Lipinski definition) is 3. The number of nitrogens with zero attached hydrogens (tertiary/aromatic N) is 3. The van der Waals surface area contributed by atoms with Gasteiger partial charge in [0.25, 0.3) is 11.5 Å². The first-order valence-corrected chi connectivity index (χ1v) is 12.1. The average Bonchev–Trinajstić information content (AvgIpc) is 3.57. The van der Waals surface area contributed by atoms with E-state index in [-0.39, 0.29) is 41.1 Å². The van der Waals surface area contributed by atoms with Crippen molar-refractivity contribution in [2.24, 2.45) is 11.3 Å². The second-order valence-corrected chi connectivity index (χ2v) is 10.1. The zero-order valence-corrected chi connectivity index (χ0v) is 20.8. The van der Waals surface area contributed by atoms with Crippen molar-refractivity contribution in [3.8, 4) is 5.88 Å². The Hall–Kier alpha value is -2.56. The number of carbonyl (C=O) groups excluding carboxylic acids is 1. The highest BCUT2D eigenvalue weighted by molar-refractivity contribution is 5.97. The molecule has 0 atom stereocenters. The van der Waals surface area contributed by atoms with Crippen molar-refractivity contribution in [3.05, 3.63) is 27.6 Å². The van der Waals surface area contributed by atoms with E-state index in [0.29, 0.717) is 50.1 Å². The van der Waals surface area contributed by atoms with Crippen LogP contribution in [-0.2, 0) is 16.0 Å². The maximum absolute atomic E-state index is 13.3. The molecular formula is C24H34ClN5O5. The number of nitrogens with one attached hydrogen (secondary N) is 1. The Morgan fingerprint density at radius 2 is 1.86 bits per heavy atom. The van der Waals surface area contributed by atoms with Gasteiger partial charge in [0.15, 0.2) is 17.0 Å².